The van der Waals surface area contributed by atoms with Crippen molar-refractivity contribution in [3.8, 4) is 0 Å². The lowest BCUT2D eigenvalue weighted by Gasteiger charge is -1.91. The Labute approximate surface area is 70.8 Å². The highest BCUT2D eigenvalue weighted by Crippen LogP contribution is 1.96. The van der Waals surface area contributed by atoms with Crippen LogP contribution in [0.2, 0.25) is 0 Å². The van der Waals surface area contributed by atoms with Gasteiger partial charge in [0.2, 0.25) is 0 Å². The van der Waals surface area contributed by atoms with Crippen LogP contribution in [0.5, 0.6) is 0 Å². The van der Waals surface area contributed by atoms with Crippen LogP contribution >= 0.6 is 0 Å². The van der Waals surface area contributed by atoms with Gasteiger partial charge in [-0.05, 0) is 11.6 Å². The van der Waals surface area contributed by atoms with Crippen molar-refractivity contribution in [2.24, 2.45) is 15.9 Å². The summed E-state index contributed by atoms with van der Waals surface area (Å²) in [5, 5.41) is 3.28. The predicted molar refractivity (Wildman–Crippen MR) is 49.1 cm³/mol. The van der Waals surface area contributed by atoms with E-state index in [0.29, 0.717) is 6.54 Å². The standard InChI is InChI=1S/C8H10N4/c9-12-5-4-11-7-8-2-1-3-10-6-8/h1-6H,7,9H2/b11-4?,12-5-. The fraction of sp³-hybridized carbons (Fsp3) is 0.125. The number of pyridine rings is 1. The molecule has 0 amide bonds. The van der Waals surface area contributed by atoms with Crippen molar-refractivity contribution in [1.29, 1.82) is 0 Å². The van der Waals surface area contributed by atoms with Crippen LogP contribution in [0, 0.1) is 0 Å². The molecule has 0 saturated carbocycles. The maximum Gasteiger partial charge on any atom is 0.0655 e. The van der Waals surface area contributed by atoms with Crippen LogP contribution in [0.3, 0.4) is 0 Å². The van der Waals surface area contributed by atoms with Crippen molar-refractivity contribution < 1.29 is 0 Å². The van der Waals surface area contributed by atoms with Crippen LogP contribution in [-0.2, 0) is 6.54 Å². The van der Waals surface area contributed by atoms with E-state index in [1.807, 2.05) is 12.1 Å². The third kappa shape index (κ3) is 2.92. The van der Waals surface area contributed by atoms with Gasteiger partial charge in [0.05, 0.1) is 12.8 Å². The maximum atomic E-state index is 4.87. The van der Waals surface area contributed by atoms with Crippen LogP contribution in [0.15, 0.2) is 34.6 Å². The molecule has 0 saturated heterocycles. The first-order chi connectivity index (χ1) is 5.93. The molecule has 0 bridgehead atoms. The Kier molecular flexibility index (Phi) is 3.50. The quantitative estimate of drug-likeness (QED) is 0.402. The van der Waals surface area contributed by atoms with Gasteiger partial charge in [-0.1, -0.05) is 6.07 Å². The van der Waals surface area contributed by atoms with Gasteiger partial charge in [0, 0.05) is 18.6 Å². The number of hydrogen-bond donors (Lipinski definition) is 1. The Morgan fingerprint density at radius 3 is 3.08 bits per heavy atom. The molecule has 0 spiro atoms. The zero-order valence-corrected chi connectivity index (χ0v) is 6.59. The second kappa shape index (κ2) is 5.01. The van der Waals surface area contributed by atoms with Gasteiger partial charge in [0.15, 0.2) is 0 Å². The summed E-state index contributed by atoms with van der Waals surface area (Å²) >= 11 is 0. The lowest BCUT2D eigenvalue weighted by Crippen LogP contribution is -1.86. The summed E-state index contributed by atoms with van der Waals surface area (Å²) in [5.41, 5.74) is 1.07. The molecule has 1 rings (SSSR count). The molecule has 0 aliphatic heterocycles. The molecule has 0 radical (unpaired) electrons. The molecular weight excluding hydrogens is 152 g/mol. The summed E-state index contributed by atoms with van der Waals surface area (Å²) in [4.78, 5) is 7.99. The number of hydrogen-bond acceptors (Lipinski definition) is 4. The van der Waals surface area contributed by atoms with Gasteiger partial charge in [-0.25, -0.2) is 0 Å². The van der Waals surface area contributed by atoms with E-state index in [-0.39, 0.29) is 0 Å². The van der Waals surface area contributed by atoms with Crippen molar-refractivity contribution >= 4 is 12.4 Å². The van der Waals surface area contributed by atoms with E-state index in [0.717, 1.165) is 5.56 Å². The van der Waals surface area contributed by atoms with Gasteiger partial charge in [-0.2, -0.15) is 5.10 Å². The average Bonchev–Trinajstić information content (AvgIpc) is 2.14. The van der Waals surface area contributed by atoms with Crippen LogP contribution in [0.25, 0.3) is 0 Å². The van der Waals surface area contributed by atoms with Crippen molar-refractivity contribution in [1.82, 2.24) is 4.98 Å². The van der Waals surface area contributed by atoms with E-state index in [1.54, 1.807) is 18.6 Å². The van der Waals surface area contributed by atoms with E-state index in [2.05, 4.69) is 15.1 Å². The summed E-state index contributed by atoms with van der Waals surface area (Å²) in [6.07, 6.45) is 6.51. The molecule has 0 atom stereocenters. The van der Waals surface area contributed by atoms with Crippen LogP contribution in [0.4, 0.5) is 0 Å². The summed E-state index contributed by atoms with van der Waals surface area (Å²) in [6.45, 7) is 0.611. The zero-order valence-electron chi connectivity index (χ0n) is 6.59. The van der Waals surface area contributed by atoms with Crippen molar-refractivity contribution in [3.63, 3.8) is 0 Å². The first-order valence-corrected chi connectivity index (χ1v) is 3.54. The fourth-order valence-electron chi connectivity index (χ4n) is 0.735. The number of nitrogens with two attached hydrogens (primary N) is 1. The van der Waals surface area contributed by atoms with Crippen LogP contribution < -0.4 is 5.84 Å². The molecule has 0 aromatic carbocycles. The monoisotopic (exact) mass is 162 g/mol. The number of aromatic nitrogens is 1. The van der Waals surface area contributed by atoms with E-state index in [1.165, 1.54) is 6.21 Å². The summed E-state index contributed by atoms with van der Waals surface area (Å²) < 4.78 is 0. The predicted octanol–water partition coefficient (Wildman–Crippen LogP) is 0.597. The lowest BCUT2D eigenvalue weighted by atomic mass is 10.3. The molecule has 12 heavy (non-hydrogen) atoms. The zero-order chi connectivity index (χ0) is 8.65. The molecule has 0 aliphatic carbocycles. The number of rotatable bonds is 3. The first-order valence-electron chi connectivity index (χ1n) is 3.54. The molecule has 62 valence electrons. The minimum Gasteiger partial charge on any atom is -0.323 e. The Morgan fingerprint density at radius 1 is 1.50 bits per heavy atom. The molecule has 1 heterocycles. The molecule has 1 aromatic heterocycles. The number of aliphatic imine (C=N–C) groups is 1. The minimum atomic E-state index is 0.611. The smallest absolute Gasteiger partial charge is 0.0655 e. The van der Waals surface area contributed by atoms with Gasteiger partial charge < -0.3 is 5.84 Å². The fourth-order valence-corrected chi connectivity index (χ4v) is 0.735. The SMILES string of the molecule is N/N=C\C=NCc1cccnc1. The van der Waals surface area contributed by atoms with Crippen molar-refractivity contribution in [2.45, 2.75) is 6.54 Å². The molecule has 1 aromatic rings. The maximum absolute atomic E-state index is 4.87. The van der Waals surface area contributed by atoms with Crippen LogP contribution in [0.1, 0.15) is 5.56 Å². The molecule has 0 aliphatic rings. The highest BCUT2D eigenvalue weighted by atomic mass is 15.1. The van der Waals surface area contributed by atoms with Gasteiger partial charge >= 0.3 is 0 Å². The summed E-state index contributed by atoms with van der Waals surface area (Å²) in [6, 6.07) is 3.84. The third-order valence-electron chi connectivity index (χ3n) is 1.25. The topological polar surface area (TPSA) is 63.6 Å². The van der Waals surface area contributed by atoms with Crippen molar-refractivity contribution in [2.75, 3.05) is 0 Å². The molecule has 0 unspecified atom stereocenters. The molecular formula is C8H10N4. The Hall–Kier alpha value is -1.71. The average molecular weight is 162 g/mol. The third-order valence-corrected chi connectivity index (χ3v) is 1.25. The molecule has 0 fully saturated rings. The van der Waals surface area contributed by atoms with E-state index < -0.39 is 0 Å². The first kappa shape index (κ1) is 8.39. The summed E-state index contributed by atoms with van der Waals surface area (Å²) in [7, 11) is 0. The van der Waals surface area contributed by atoms with Gasteiger partial charge in [-0.15, -0.1) is 0 Å². The lowest BCUT2D eigenvalue weighted by molar-refractivity contribution is 1.06. The molecule has 2 N–H and O–H groups in total. The van der Waals surface area contributed by atoms with E-state index in [4.69, 9.17) is 5.84 Å². The van der Waals surface area contributed by atoms with Crippen LogP contribution in [-0.4, -0.2) is 17.4 Å². The summed E-state index contributed by atoms with van der Waals surface area (Å²) in [5.74, 6) is 4.87. The Morgan fingerprint density at radius 2 is 2.42 bits per heavy atom. The molecule has 4 nitrogen and oxygen atoms in total. The molecule has 4 heteroatoms. The van der Waals surface area contributed by atoms with Gasteiger partial charge in [-0.3, -0.25) is 9.98 Å². The second-order valence-electron chi connectivity index (χ2n) is 2.15. The second-order valence-corrected chi connectivity index (χ2v) is 2.15. The van der Waals surface area contributed by atoms with E-state index >= 15 is 0 Å². The number of hydrazone groups is 1. The Balaban J connectivity index is 2.43. The normalized spacial score (nSPS) is 11.3. The number of nitrogens with zero attached hydrogens (tertiary/aromatic N) is 3. The highest BCUT2D eigenvalue weighted by molar-refractivity contribution is 6.15. The van der Waals surface area contributed by atoms with E-state index in [9.17, 15) is 0 Å². The van der Waals surface area contributed by atoms with Crippen molar-refractivity contribution in [3.05, 3.63) is 30.1 Å². The largest absolute Gasteiger partial charge is 0.323 e. The Bertz CT molecular complexity index is 266. The van der Waals surface area contributed by atoms with Gasteiger partial charge in [0.1, 0.15) is 0 Å². The minimum absolute atomic E-state index is 0.611. The highest BCUT2D eigenvalue weighted by Gasteiger charge is 1.85. The van der Waals surface area contributed by atoms with Gasteiger partial charge in [0.25, 0.3) is 0 Å².